The van der Waals surface area contributed by atoms with Crippen LogP contribution in [0.5, 0.6) is 0 Å². The summed E-state index contributed by atoms with van der Waals surface area (Å²) in [6, 6.07) is 11.6. The second-order valence-corrected chi connectivity index (χ2v) is 7.83. The zero-order valence-corrected chi connectivity index (χ0v) is 16.3. The second-order valence-electron chi connectivity index (χ2n) is 5.79. The van der Waals surface area contributed by atoms with Gasteiger partial charge in [0.2, 0.25) is 0 Å². The van der Waals surface area contributed by atoms with E-state index >= 15 is 0 Å². The van der Waals surface area contributed by atoms with Crippen LogP contribution in [-0.2, 0) is 16.1 Å². The molecule has 0 saturated carbocycles. The van der Waals surface area contributed by atoms with Crippen LogP contribution in [0.2, 0.25) is 0 Å². The summed E-state index contributed by atoms with van der Waals surface area (Å²) < 4.78 is 21.6. The highest BCUT2D eigenvalue weighted by Gasteiger charge is 2.15. The molecule has 4 aromatic rings. The summed E-state index contributed by atoms with van der Waals surface area (Å²) in [7, 11) is 0. The molecule has 142 valence electrons. The molecule has 0 unspecified atom stereocenters. The fourth-order valence-electron chi connectivity index (χ4n) is 2.72. The van der Waals surface area contributed by atoms with Crippen molar-refractivity contribution in [2.24, 2.45) is 4.99 Å². The molecule has 28 heavy (non-hydrogen) atoms. The van der Waals surface area contributed by atoms with Crippen LogP contribution < -0.4 is 4.80 Å². The Bertz CT molecular complexity index is 1240. The zero-order chi connectivity index (χ0) is 19.7. The highest BCUT2D eigenvalue weighted by molar-refractivity contribution is 7.20. The molecule has 0 aliphatic carbocycles. The minimum Gasteiger partial charge on any atom is -0.465 e. The predicted molar refractivity (Wildman–Crippen MR) is 106 cm³/mol. The van der Waals surface area contributed by atoms with Gasteiger partial charge in [-0.2, -0.15) is 4.99 Å². The number of fused-ring (bicyclic) bond motifs is 2. The first-order chi connectivity index (χ1) is 13.5. The summed E-state index contributed by atoms with van der Waals surface area (Å²) in [5.74, 6) is -1.37. The number of amides is 1. The Balaban J connectivity index is 1.81. The molecule has 0 fully saturated rings. The average Bonchev–Trinajstić information content (AvgIpc) is 3.23. The van der Waals surface area contributed by atoms with Crippen molar-refractivity contribution in [1.29, 1.82) is 0 Å². The van der Waals surface area contributed by atoms with E-state index < -0.39 is 17.7 Å². The Morgan fingerprint density at radius 3 is 2.79 bits per heavy atom. The summed E-state index contributed by atoms with van der Waals surface area (Å²) in [5.41, 5.74) is 1.33. The minimum atomic E-state index is -0.508. The van der Waals surface area contributed by atoms with Crippen LogP contribution >= 0.6 is 22.7 Å². The summed E-state index contributed by atoms with van der Waals surface area (Å²) in [6.45, 7) is 1.84. The number of benzene rings is 2. The summed E-state index contributed by atoms with van der Waals surface area (Å²) >= 11 is 2.38. The number of aromatic nitrogens is 2. The SMILES string of the molecule is CCOC(=O)Cn1c(=NC(=O)c2nc3ccccc3s2)sc2cc(F)ccc21. The second kappa shape index (κ2) is 7.61. The van der Waals surface area contributed by atoms with Gasteiger partial charge in [0, 0.05) is 0 Å². The van der Waals surface area contributed by atoms with Crippen LogP contribution in [0.3, 0.4) is 0 Å². The Morgan fingerprint density at radius 2 is 2.00 bits per heavy atom. The number of hydrogen-bond donors (Lipinski definition) is 0. The molecule has 0 spiro atoms. The molecule has 2 heterocycles. The smallest absolute Gasteiger partial charge is 0.326 e. The zero-order valence-electron chi connectivity index (χ0n) is 14.7. The van der Waals surface area contributed by atoms with Gasteiger partial charge in [-0.3, -0.25) is 9.59 Å². The normalized spacial score (nSPS) is 12.0. The number of para-hydroxylation sites is 1. The molecule has 6 nitrogen and oxygen atoms in total. The molecule has 0 saturated heterocycles. The number of ether oxygens (including phenoxy) is 1. The quantitative estimate of drug-likeness (QED) is 0.476. The van der Waals surface area contributed by atoms with Crippen molar-refractivity contribution in [3.63, 3.8) is 0 Å². The summed E-state index contributed by atoms with van der Waals surface area (Å²) in [4.78, 5) is 33.4. The van der Waals surface area contributed by atoms with Gasteiger partial charge in [-0.1, -0.05) is 23.5 Å². The molecule has 1 amide bonds. The molecule has 2 aromatic carbocycles. The van der Waals surface area contributed by atoms with Crippen LogP contribution in [0.25, 0.3) is 20.4 Å². The van der Waals surface area contributed by atoms with E-state index in [0.29, 0.717) is 10.2 Å². The molecule has 0 aliphatic heterocycles. The number of nitrogens with zero attached hydrogens (tertiary/aromatic N) is 3. The number of hydrogen-bond acceptors (Lipinski definition) is 6. The van der Waals surface area contributed by atoms with Gasteiger partial charge in [0.15, 0.2) is 9.81 Å². The van der Waals surface area contributed by atoms with Gasteiger partial charge in [-0.25, -0.2) is 9.37 Å². The van der Waals surface area contributed by atoms with E-state index in [2.05, 4.69) is 9.98 Å². The van der Waals surface area contributed by atoms with E-state index in [4.69, 9.17) is 4.74 Å². The Hall–Kier alpha value is -2.91. The van der Waals surface area contributed by atoms with Gasteiger partial charge in [-0.05, 0) is 37.3 Å². The fraction of sp³-hybridized carbons (Fsp3) is 0.158. The molecule has 0 N–H and O–H groups in total. The summed E-state index contributed by atoms with van der Waals surface area (Å²) in [5, 5.41) is 0.257. The Kier molecular flexibility index (Phi) is 5.01. The number of carbonyl (C=O) groups is 2. The van der Waals surface area contributed by atoms with E-state index in [1.54, 1.807) is 17.6 Å². The lowest BCUT2D eigenvalue weighted by atomic mass is 10.3. The maximum absolute atomic E-state index is 13.6. The first kappa shape index (κ1) is 18.5. The van der Waals surface area contributed by atoms with Crippen molar-refractivity contribution < 1.29 is 18.7 Å². The summed E-state index contributed by atoms with van der Waals surface area (Å²) in [6.07, 6.45) is 0. The molecular weight excluding hydrogens is 401 g/mol. The van der Waals surface area contributed by atoms with Crippen molar-refractivity contribution in [2.75, 3.05) is 6.61 Å². The van der Waals surface area contributed by atoms with Gasteiger partial charge in [0.1, 0.15) is 12.4 Å². The number of esters is 1. The van der Waals surface area contributed by atoms with Gasteiger partial charge in [0.25, 0.3) is 0 Å². The van der Waals surface area contributed by atoms with Crippen LogP contribution in [0, 0.1) is 5.82 Å². The Morgan fingerprint density at radius 1 is 1.18 bits per heavy atom. The van der Waals surface area contributed by atoms with Gasteiger partial charge >= 0.3 is 11.9 Å². The number of thiazole rings is 2. The van der Waals surface area contributed by atoms with Crippen LogP contribution in [0.15, 0.2) is 47.5 Å². The third kappa shape index (κ3) is 3.58. The standard InChI is InChI=1S/C19H14FN3O3S2/c1-2-26-16(24)10-23-13-8-7-11(20)9-15(13)28-19(23)22-17(25)18-21-12-5-3-4-6-14(12)27-18/h3-9H,2,10H2,1H3. The number of carbonyl (C=O) groups excluding carboxylic acids is 2. The fourth-order valence-corrected chi connectivity index (χ4v) is 4.62. The van der Waals surface area contributed by atoms with Crippen molar-refractivity contribution >= 4 is 55.0 Å². The maximum Gasteiger partial charge on any atom is 0.326 e. The lowest BCUT2D eigenvalue weighted by molar-refractivity contribution is -0.143. The predicted octanol–water partition coefficient (Wildman–Crippen LogP) is 3.76. The first-order valence-electron chi connectivity index (χ1n) is 8.44. The third-order valence-corrected chi connectivity index (χ3v) is 5.98. The molecule has 2 aromatic heterocycles. The van der Waals surface area contributed by atoms with Gasteiger partial charge < -0.3 is 9.30 Å². The van der Waals surface area contributed by atoms with E-state index in [1.165, 1.54) is 23.5 Å². The molecular formula is C19H14FN3O3S2. The number of rotatable bonds is 4. The number of halogens is 1. The third-order valence-electron chi connectivity index (χ3n) is 3.91. The monoisotopic (exact) mass is 415 g/mol. The average molecular weight is 415 g/mol. The molecule has 0 atom stereocenters. The molecule has 0 radical (unpaired) electrons. The van der Waals surface area contributed by atoms with Crippen LogP contribution in [-0.4, -0.2) is 28.0 Å². The van der Waals surface area contributed by atoms with E-state index in [1.807, 2.05) is 24.3 Å². The minimum absolute atomic E-state index is 0.120. The van der Waals surface area contributed by atoms with Gasteiger partial charge in [0.05, 0.1) is 27.0 Å². The van der Waals surface area contributed by atoms with E-state index in [9.17, 15) is 14.0 Å². The Labute approximate surface area is 166 Å². The topological polar surface area (TPSA) is 73.6 Å². The van der Waals surface area contributed by atoms with E-state index in [-0.39, 0.29) is 23.0 Å². The highest BCUT2D eigenvalue weighted by atomic mass is 32.1. The van der Waals surface area contributed by atoms with Crippen molar-refractivity contribution in [3.8, 4) is 0 Å². The lowest BCUT2D eigenvalue weighted by Crippen LogP contribution is -2.23. The molecule has 0 aliphatic rings. The largest absolute Gasteiger partial charge is 0.465 e. The maximum atomic E-state index is 13.6. The van der Waals surface area contributed by atoms with Crippen molar-refractivity contribution in [2.45, 2.75) is 13.5 Å². The highest BCUT2D eigenvalue weighted by Crippen LogP contribution is 2.23. The molecule has 0 bridgehead atoms. The van der Waals surface area contributed by atoms with Crippen LogP contribution in [0.4, 0.5) is 4.39 Å². The lowest BCUT2D eigenvalue weighted by Gasteiger charge is -2.04. The van der Waals surface area contributed by atoms with Crippen molar-refractivity contribution in [3.05, 3.63) is 58.1 Å². The first-order valence-corrected chi connectivity index (χ1v) is 10.1. The van der Waals surface area contributed by atoms with Crippen LogP contribution in [0.1, 0.15) is 16.7 Å². The van der Waals surface area contributed by atoms with Crippen molar-refractivity contribution in [1.82, 2.24) is 9.55 Å². The van der Waals surface area contributed by atoms with E-state index in [0.717, 1.165) is 21.6 Å². The molecule has 9 heteroatoms. The molecule has 4 rings (SSSR count). The van der Waals surface area contributed by atoms with Gasteiger partial charge in [-0.15, -0.1) is 11.3 Å².